The number of aromatic nitrogens is 1. The standard InChI is InChI=1S/C25H43N3O14S2/c1-43(31,32)41-20-18-39-16-14-37-12-10-35-8-6-26-24(29)22-4-3-5-23(28-22)25(30)27-7-9-36-11-13-38-15-17-40-19-21-42-44(2,33)34/h3-5H,6-21H2,1-2H3,(H,26,29)(H,27,30). The summed E-state index contributed by atoms with van der Waals surface area (Å²) in [6.07, 6.45) is 1.93. The molecule has 17 nitrogen and oxygen atoms in total. The van der Waals surface area contributed by atoms with Gasteiger partial charge < -0.3 is 39.1 Å². The smallest absolute Gasteiger partial charge is 0.269 e. The van der Waals surface area contributed by atoms with E-state index in [9.17, 15) is 26.4 Å². The van der Waals surface area contributed by atoms with Crippen LogP contribution >= 0.6 is 0 Å². The van der Waals surface area contributed by atoms with Gasteiger partial charge in [-0.15, -0.1) is 0 Å². The maximum absolute atomic E-state index is 12.4. The zero-order chi connectivity index (χ0) is 32.5. The van der Waals surface area contributed by atoms with E-state index in [2.05, 4.69) is 24.0 Å². The number of hydrogen-bond acceptors (Lipinski definition) is 15. The molecular formula is C25H43N3O14S2. The molecule has 0 radical (unpaired) electrons. The Labute approximate surface area is 258 Å². The molecule has 0 spiro atoms. The first-order chi connectivity index (χ1) is 21.0. The topological polar surface area (TPSA) is 213 Å². The molecule has 1 aromatic rings. The summed E-state index contributed by atoms with van der Waals surface area (Å²) < 4.78 is 84.0. The third kappa shape index (κ3) is 24.0. The van der Waals surface area contributed by atoms with E-state index in [-0.39, 0.29) is 77.3 Å². The van der Waals surface area contributed by atoms with E-state index in [1.807, 2.05) is 0 Å². The van der Waals surface area contributed by atoms with Crippen LogP contribution in [0.1, 0.15) is 21.0 Å². The van der Waals surface area contributed by atoms with Gasteiger partial charge in [0.25, 0.3) is 32.1 Å². The van der Waals surface area contributed by atoms with Crippen LogP contribution in [0.2, 0.25) is 0 Å². The third-order valence-corrected chi connectivity index (χ3v) is 6.01. The minimum atomic E-state index is -3.47. The molecule has 0 saturated carbocycles. The summed E-state index contributed by atoms with van der Waals surface area (Å²) in [5, 5.41) is 5.33. The van der Waals surface area contributed by atoms with Crippen LogP contribution in [0.5, 0.6) is 0 Å². The van der Waals surface area contributed by atoms with Crippen molar-refractivity contribution in [1.82, 2.24) is 15.6 Å². The summed E-state index contributed by atoms with van der Waals surface area (Å²) in [6.45, 7) is 3.56. The van der Waals surface area contributed by atoms with Crippen molar-refractivity contribution in [2.75, 3.05) is 118 Å². The van der Waals surface area contributed by atoms with Gasteiger partial charge in [0, 0.05) is 13.1 Å². The molecule has 44 heavy (non-hydrogen) atoms. The predicted octanol–water partition coefficient (Wildman–Crippen LogP) is -1.41. The number of carbonyl (C=O) groups excluding carboxylic acids is 2. The van der Waals surface area contributed by atoms with Crippen LogP contribution < -0.4 is 10.6 Å². The Bertz CT molecular complexity index is 1070. The molecule has 0 atom stereocenters. The second-order valence-corrected chi connectivity index (χ2v) is 11.9. The van der Waals surface area contributed by atoms with Crippen LogP contribution in [0, 0.1) is 0 Å². The number of ether oxygens (including phenoxy) is 6. The summed E-state index contributed by atoms with van der Waals surface area (Å²) in [7, 11) is -6.94. The quantitative estimate of drug-likeness (QED) is 0.0773. The zero-order valence-corrected chi connectivity index (χ0v) is 26.7. The predicted molar refractivity (Wildman–Crippen MR) is 155 cm³/mol. The molecule has 0 aliphatic rings. The van der Waals surface area contributed by atoms with Crippen LogP contribution in [-0.2, 0) is 57.0 Å². The number of pyridine rings is 1. The van der Waals surface area contributed by atoms with Crippen molar-refractivity contribution in [3.05, 3.63) is 29.6 Å². The molecule has 0 saturated heterocycles. The van der Waals surface area contributed by atoms with E-state index < -0.39 is 32.1 Å². The SMILES string of the molecule is CS(=O)(=O)OCCOCCOCCOCCNC(=O)c1cccc(C(=O)NCCOCCOCCOCCOS(C)(=O)=O)n1. The molecule has 0 aromatic carbocycles. The Morgan fingerprint density at radius 3 is 1.16 bits per heavy atom. The van der Waals surface area contributed by atoms with Crippen LogP contribution in [0.25, 0.3) is 0 Å². The van der Waals surface area contributed by atoms with Gasteiger partial charge in [0.15, 0.2) is 0 Å². The van der Waals surface area contributed by atoms with E-state index in [1.54, 1.807) is 6.07 Å². The molecule has 0 fully saturated rings. The van der Waals surface area contributed by atoms with E-state index in [0.717, 1.165) is 12.5 Å². The molecule has 19 heteroatoms. The average molecular weight is 674 g/mol. The summed E-state index contributed by atoms with van der Waals surface area (Å²) in [4.78, 5) is 28.8. The molecule has 1 heterocycles. The van der Waals surface area contributed by atoms with E-state index >= 15 is 0 Å². The van der Waals surface area contributed by atoms with Gasteiger partial charge in [-0.1, -0.05) is 6.07 Å². The Morgan fingerprint density at radius 1 is 0.545 bits per heavy atom. The van der Waals surface area contributed by atoms with Gasteiger partial charge in [0.1, 0.15) is 11.4 Å². The fourth-order valence-electron chi connectivity index (χ4n) is 2.91. The second-order valence-electron chi connectivity index (χ2n) is 8.65. The zero-order valence-electron chi connectivity index (χ0n) is 25.0. The number of nitrogens with zero attached hydrogens (tertiary/aromatic N) is 1. The van der Waals surface area contributed by atoms with Crippen molar-refractivity contribution in [3.8, 4) is 0 Å². The average Bonchev–Trinajstić information content (AvgIpc) is 2.96. The highest BCUT2D eigenvalue weighted by molar-refractivity contribution is 7.86. The molecule has 0 aliphatic carbocycles. The summed E-state index contributed by atoms with van der Waals surface area (Å²) in [6, 6.07) is 4.55. The number of hydrogen-bond donors (Lipinski definition) is 2. The molecule has 0 bridgehead atoms. The fraction of sp³-hybridized carbons (Fsp3) is 0.720. The maximum Gasteiger partial charge on any atom is 0.269 e. The minimum absolute atomic E-state index is 0.0507. The Morgan fingerprint density at radius 2 is 0.841 bits per heavy atom. The van der Waals surface area contributed by atoms with Crippen molar-refractivity contribution in [1.29, 1.82) is 0 Å². The van der Waals surface area contributed by atoms with Crippen LogP contribution in [0.3, 0.4) is 0 Å². The fourth-order valence-corrected chi connectivity index (χ4v) is 3.66. The molecule has 0 unspecified atom stereocenters. The number of carbonyl (C=O) groups is 2. The second kappa shape index (κ2) is 24.0. The lowest BCUT2D eigenvalue weighted by molar-refractivity contribution is 0.0103. The number of rotatable bonds is 28. The number of amides is 2. The molecular weight excluding hydrogens is 630 g/mol. The van der Waals surface area contributed by atoms with Crippen molar-refractivity contribution < 1.29 is 63.2 Å². The van der Waals surface area contributed by atoms with Gasteiger partial charge in [0.05, 0.1) is 105 Å². The van der Waals surface area contributed by atoms with Crippen LogP contribution in [-0.4, -0.2) is 152 Å². The molecule has 1 rings (SSSR count). The lowest BCUT2D eigenvalue weighted by Crippen LogP contribution is -2.31. The van der Waals surface area contributed by atoms with Gasteiger partial charge >= 0.3 is 0 Å². The van der Waals surface area contributed by atoms with Gasteiger partial charge in [-0.05, 0) is 12.1 Å². The van der Waals surface area contributed by atoms with Gasteiger partial charge in [-0.2, -0.15) is 16.8 Å². The highest BCUT2D eigenvalue weighted by Crippen LogP contribution is 2.00. The minimum Gasteiger partial charge on any atom is -0.377 e. The molecule has 254 valence electrons. The van der Waals surface area contributed by atoms with E-state index in [1.165, 1.54) is 12.1 Å². The van der Waals surface area contributed by atoms with Crippen molar-refractivity contribution in [2.45, 2.75) is 0 Å². The van der Waals surface area contributed by atoms with Gasteiger partial charge in [-0.3, -0.25) is 18.0 Å². The molecule has 2 amide bonds. The first kappa shape index (κ1) is 39.7. The number of nitrogens with one attached hydrogen (secondary N) is 2. The van der Waals surface area contributed by atoms with Gasteiger partial charge in [0.2, 0.25) is 0 Å². The monoisotopic (exact) mass is 673 g/mol. The normalized spacial score (nSPS) is 11.9. The highest BCUT2D eigenvalue weighted by atomic mass is 32.2. The highest BCUT2D eigenvalue weighted by Gasteiger charge is 2.12. The Balaban J connectivity index is 2.03. The van der Waals surface area contributed by atoms with E-state index in [4.69, 9.17) is 28.4 Å². The lowest BCUT2D eigenvalue weighted by atomic mass is 10.2. The van der Waals surface area contributed by atoms with Crippen LogP contribution in [0.15, 0.2) is 18.2 Å². The first-order valence-electron chi connectivity index (χ1n) is 13.7. The molecule has 1 aromatic heterocycles. The van der Waals surface area contributed by atoms with E-state index in [0.29, 0.717) is 39.6 Å². The summed E-state index contributed by atoms with van der Waals surface area (Å²) in [5.41, 5.74) is 0.173. The molecule has 2 N–H and O–H groups in total. The van der Waals surface area contributed by atoms with Crippen LogP contribution in [0.4, 0.5) is 0 Å². The lowest BCUT2D eigenvalue weighted by Gasteiger charge is -2.09. The van der Waals surface area contributed by atoms with Crippen molar-refractivity contribution in [2.24, 2.45) is 0 Å². The Kier molecular flexibility index (Phi) is 21.6. The largest absolute Gasteiger partial charge is 0.377 e. The Hall–Kier alpha value is -2.33. The first-order valence-corrected chi connectivity index (χ1v) is 17.3. The summed E-state index contributed by atoms with van der Waals surface area (Å²) >= 11 is 0. The third-order valence-electron chi connectivity index (χ3n) is 4.82. The van der Waals surface area contributed by atoms with Crippen molar-refractivity contribution >= 4 is 32.1 Å². The van der Waals surface area contributed by atoms with Crippen molar-refractivity contribution in [3.63, 3.8) is 0 Å². The maximum atomic E-state index is 12.4. The molecule has 0 aliphatic heterocycles. The summed E-state index contributed by atoms with van der Waals surface area (Å²) in [5.74, 6) is -0.903. The van der Waals surface area contributed by atoms with Gasteiger partial charge in [-0.25, -0.2) is 4.98 Å².